The van der Waals surface area contributed by atoms with Gasteiger partial charge in [-0.2, -0.15) is 18.3 Å². The summed E-state index contributed by atoms with van der Waals surface area (Å²) in [4.78, 5) is 18.3. The van der Waals surface area contributed by atoms with E-state index in [1.54, 1.807) is 23.4 Å². The Labute approximate surface area is 136 Å². The fourth-order valence-electron chi connectivity index (χ4n) is 2.70. The SMILES string of the molecule is O=C(Cn1ccc(C(F)(F)F)n1)N1CCNCC1c1cccnc1. The molecule has 1 amide bonds. The number of nitrogens with one attached hydrogen (secondary N) is 1. The van der Waals surface area contributed by atoms with Crippen LogP contribution in [0.1, 0.15) is 17.3 Å². The number of hydrogen-bond donors (Lipinski definition) is 1. The van der Waals surface area contributed by atoms with Crippen LogP contribution in [0.25, 0.3) is 0 Å². The number of alkyl halides is 3. The minimum absolute atomic E-state index is 0.197. The van der Waals surface area contributed by atoms with Crippen LogP contribution < -0.4 is 5.32 Å². The minimum Gasteiger partial charge on any atom is -0.331 e. The van der Waals surface area contributed by atoms with Gasteiger partial charge in [-0.05, 0) is 17.7 Å². The normalized spacial score (nSPS) is 18.6. The lowest BCUT2D eigenvalue weighted by molar-refractivity contribution is -0.142. The van der Waals surface area contributed by atoms with Crippen molar-refractivity contribution in [2.75, 3.05) is 19.6 Å². The molecule has 1 fully saturated rings. The summed E-state index contributed by atoms with van der Waals surface area (Å²) in [6.07, 6.45) is -0.00841. The number of hydrogen-bond acceptors (Lipinski definition) is 4. The van der Waals surface area contributed by atoms with Crippen LogP contribution in [0.5, 0.6) is 0 Å². The maximum Gasteiger partial charge on any atom is 0.435 e. The van der Waals surface area contributed by atoms with Gasteiger partial charge < -0.3 is 10.2 Å². The molecule has 0 aromatic carbocycles. The summed E-state index contributed by atoms with van der Waals surface area (Å²) in [6.45, 7) is 1.46. The summed E-state index contributed by atoms with van der Waals surface area (Å²) in [5.74, 6) is -0.276. The molecule has 1 N–H and O–H groups in total. The van der Waals surface area contributed by atoms with Crippen LogP contribution in [0.2, 0.25) is 0 Å². The molecule has 2 aromatic rings. The van der Waals surface area contributed by atoms with Crippen molar-refractivity contribution in [1.29, 1.82) is 0 Å². The maximum atomic E-state index is 12.6. The van der Waals surface area contributed by atoms with Crippen LogP contribution in [-0.2, 0) is 17.5 Å². The number of halogens is 3. The molecule has 2 aromatic heterocycles. The third-order valence-electron chi connectivity index (χ3n) is 3.86. The molecule has 3 rings (SSSR count). The Hall–Kier alpha value is -2.42. The third kappa shape index (κ3) is 3.56. The second-order valence-electron chi connectivity index (χ2n) is 5.49. The van der Waals surface area contributed by atoms with E-state index in [1.165, 1.54) is 6.20 Å². The van der Waals surface area contributed by atoms with Gasteiger partial charge in [0.1, 0.15) is 6.54 Å². The van der Waals surface area contributed by atoms with E-state index >= 15 is 0 Å². The molecule has 24 heavy (non-hydrogen) atoms. The van der Waals surface area contributed by atoms with Gasteiger partial charge >= 0.3 is 6.18 Å². The average Bonchev–Trinajstić information content (AvgIpc) is 3.04. The van der Waals surface area contributed by atoms with Gasteiger partial charge in [-0.1, -0.05) is 6.07 Å². The standard InChI is InChI=1S/C15H16F3N5O/c16-15(17,18)13-3-6-22(21-13)10-14(24)23-7-5-20-9-12(23)11-2-1-4-19-8-11/h1-4,6,8,12,20H,5,7,9-10H2. The van der Waals surface area contributed by atoms with E-state index in [-0.39, 0.29) is 18.5 Å². The van der Waals surface area contributed by atoms with E-state index in [4.69, 9.17) is 0 Å². The van der Waals surface area contributed by atoms with Gasteiger partial charge in [0.15, 0.2) is 5.69 Å². The van der Waals surface area contributed by atoms with Gasteiger partial charge in [0, 0.05) is 38.2 Å². The van der Waals surface area contributed by atoms with Crippen molar-refractivity contribution >= 4 is 5.91 Å². The molecule has 0 aliphatic carbocycles. The van der Waals surface area contributed by atoms with Gasteiger partial charge in [-0.3, -0.25) is 14.5 Å². The van der Waals surface area contributed by atoms with E-state index in [9.17, 15) is 18.0 Å². The fourth-order valence-corrected chi connectivity index (χ4v) is 2.70. The molecule has 0 saturated carbocycles. The molecule has 9 heteroatoms. The molecule has 0 radical (unpaired) electrons. The second-order valence-corrected chi connectivity index (χ2v) is 5.49. The molecule has 1 unspecified atom stereocenters. The molecule has 1 aliphatic heterocycles. The fraction of sp³-hybridized carbons (Fsp3) is 0.400. The molecule has 1 aliphatic rings. The number of aromatic nitrogens is 3. The predicted molar refractivity (Wildman–Crippen MR) is 78.8 cm³/mol. The van der Waals surface area contributed by atoms with Crippen molar-refractivity contribution in [3.8, 4) is 0 Å². The van der Waals surface area contributed by atoms with E-state index in [1.807, 2.05) is 6.07 Å². The van der Waals surface area contributed by atoms with Gasteiger partial charge in [0.2, 0.25) is 5.91 Å². The Kier molecular flexibility index (Phi) is 4.52. The Morgan fingerprint density at radius 1 is 1.38 bits per heavy atom. The summed E-state index contributed by atoms with van der Waals surface area (Å²) < 4.78 is 38.8. The highest BCUT2D eigenvalue weighted by Crippen LogP contribution is 2.27. The van der Waals surface area contributed by atoms with Crippen molar-refractivity contribution in [3.05, 3.63) is 48.0 Å². The molecular weight excluding hydrogens is 323 g/mol. The molecule has 1 atom stereocenters. The number of rotatable bonds is 3. The van der Waals surface area contributed by atoms with Crippen LogP contribution in [0, 0.1) is 0 Å². The number of carbonyl (C=O) groups excluding carboxylic acids is 1. The Bertz CT molecular complexity index is 701. The molecule has 128 valence electrons. The Morgan fingerprint density at radius 2 is 2.21 bits per heavy atom. The topological polar surface area (TPSA) is 63.1 Å². The highest BCUT2D eigenvalue weighted by molar-refractivity contribution is 5.76. The van der Waals surface area contributed by atoms with Crippen molar-refractivity contribution in [1.82, 2.24) is 25.0 Å². The lowest BCUT2D eigenvalue weighted by atomic mass is 10.1. The zero-order valence-electron chi connectivity index (χ0n) is 12.7. The first-order valence-electron chi connectivity index (χ1n) is 7.46. The average molecular weight is 339 g/mol. The Balaban J connectivity index is 1.74. The molecule has 0 bridgehead atoms. The van der Waals surface area contributed by atoms with E-state index in [2.05, 4.69) is 15.4 Å². The summed E-state index contributed by atoms with van der Waals surface area (Å²) in [5.41, 5.74) is -0.117. The lowest BCUT2D eigenvalue weighted by Crippen LogP contribution is -2.49. The van der Waals surface area contributed by atoms with Gasteiger partial charge in [0.05, 0.1) is 6.04 Å². The van der Waals surface area contributed by atoms with Crippen LogP contribution in [0.15, 0.2) is 36.8 Å². The smallest absolute Gasteiger partial charge is 0.331 e. The van der Waals surface area contributed by atoms with E-state index in [0.29, 0.717) is 19.6 Å². The molecule has 1 saturated heterocycles. The van der Waals surface area contributed by atoms with Gasteiger partial charge in [0.25, 0.3) is 0 Å². The van der Waals surface area contributed by atoms with Crippen LogP contribution >= 0.6 is 0 Å². The second kappa shape index (κ2) is 6.60. The molecule has 3 heterocycles. The molecule has 6 nitrogen and oxygen atoms in total. The van der Waals surface area contributed by atoms with Gasteiger partial charge in [-0.15, -0.1) is 0 Å². The summed E-state index contributed by atoms with van der Waals surface area (Å²) in [6, 6.07) is 4.33. The zero-order chi connectivity index (χ0) is 17.2. The highest BCUT2D eigenvalue weighted by Gasteiger charge is 2.34. The maximum absolute atomic E-state index is 12.6. The highest BCUT2D eigenvalue weighted by atomic mass is 19.4. The number of pyridine rings is 1. The van der Waals surface area contributed by atoms with Crippen LogP contribution in [0.4, 0.5) is 13.2 Å². The monoisotopic (exact) mass is 339 g/mol. The third-order valence-corrected chi connectivity index (χ3v) is 3.86. The zero-order valence-corrected chi connectivity index (χ0v) is 12.7. The number of nitrogens with zero attached hydrogens (tertiary/aromatic N) is 4. The number of carbonyl (C=O) groups is 1. The molecule has 0 spiro atoms. The van der Waals surface area contributed by atoms with Crippen molar-refractivity contribution < 1.29 is 18.0 Å². The largest absolute Gasteiger partial charge is 0.435 e. The predicted octanol–water partition coefficient (Wildman–Crippen LogP) is 1.47. The van der Waals surface area contributed by atoms with E-state index < -0.39 is 11.9 Å². The summed E-state index contributed by atoms with van der Waals surface area (Å²) >= 11 is 0. The Morgan fingerprint density at radius 3 is 2.88 bits per heavy atom. The van der Waals surface area contributed by atoms with Gasteiger partial charge in [-0.25, -0.2) is 0 Å². The number of piperazine rings is 1. The van der Waals surface area contributed by atoms with E-state index in [0.717, 1.165) is 16.3 Å². The van der Waals surface area contributed by atoms with Crippen molar-refractivity contribution in [2.45, 2.75) is 18.8 Å². The van der Waals surface area contributed by atoms with Crippen LogP contribution in [-0.4, -0.2) is 45.2 Å². The van der Waals surface area contributed by atoms with Crippen molar-refractivity contribution in [3.63, 3.8) is 0 Å². The number of amides is 1. The summed E-state index contributed by atoms with van der Waals surface area (Å²) in [5, 5.41) is 6.64. The summed E-state index contributed by atoms with van der Waals surface area (Å²) in [7, 11) is 0. The van der Waals surface area contributed by atoms with Crippen LogP contribution in [0.3, 0.4) is 0 Å². The minimum atomic E-state index is -4.51. The first kappa shape index (κ1) is 16.4. The first-order chi connectivity index (χ1) is 11.4. The first-order valence-corrected chi connectivity index (χ1v) is 7.46. The lowest BCUT2D eigenvalue weighted by Gasteiger charge is -2.36. The quantitative estimate of drug-likeness (QED) is 0.920. The van der Waals surface area contributed by atoms with Crippen molar-refractivity contribution in [2.24, 2.45) is 0 Å². The molecular formula is C15H16F3N5O.